The maximum Gasteiger partial charge on any atom is 0.324 e. The molecule has 0 aliphatic rings. The van der Waals surface area contributed by atoms with Gasteiger partial charge < -0.3 is 10.2 Å². The minimum atomic E-state index is -3.95. The molecular formula is C11H16N2O5S. The number of carboxylic acids is 1. The van der Waals surface area contributed by atoms with Crippen molar-refractivity contribution in [3.63, 3.8) is 0 Å². The smallest absolute Gasteiger partial charge is 0.324 e. The number of nitrogens with zero attached hydrogens (tertiary/aromatic N) is 1. The highest BCUT2D eigenvalue weighted by Gasteiger charge is 2.32. The summed E-state index contributed by atoms with van der Waals surface area (Å²) in [6.45, 7) is 0. The van der Waals surface area contributed by atoms with Crippen LogP contribution in [-0.2, 0) is 15.0 Å². The van der Waals surface area contributed by atoms with Crippen molar-refractivity contribution in [2.75, 3.05) is 14.1 Å². The number of benzene rings is 1. The summed E-state index contributed by atoms with van der Waals surface area (Å²) in [5, 5.41) is 19.0. The van der Waals surface area contributed by atoms with Gasteiger partial charge in [0.1, 0.15) is 6.10 Å². The highest BCUT2D eigenvalue weighted by Crippen LogP contribution is 2.17. The topological polar surface area (TPSA) is 107 Å². The number of aliphatic carboxylic acids is 1. The van der Waals surface area contributed by atoms with E-state index < -0.39 is 28.3 Å². The Labute approximate surface area is 111 Å². The molecule has 19 heavy (non-hydrogen) atoms. The minimum absolute atomic E-state index is 0.316. The number of rotatable bonds is 6. The van der Waals surface area contributed by atoms with Gasteiger partial charge >= 0.3 is 5.97 Å². The van der Waals surface area contributed by atoms with Crippen molar-refractivity contribution >= 4 is 16.2 Å². The lowest BCUT2D eigenvalue weighted by Crippen LogP contribution is -2.48. The molecule has 0 spiro atoms. The quantitative estimate of drug-likeness (QED) is 0.658. The third-order valence-corrected chi connectivity index (χ3v) is 3.99. The Bertz CT molecular complexity index is 529. The molecule has 2 atom stereocenters. The normalized spacial score (nSPS) is 15.2. The zero-order valence-corrected chi connectivity index (χ0v) is 11.3. The summed E-state index contributed by atoms with van der Waals surface area (Å²) >= 11 is 0. The molecule has 3 N–H and O–H groups in total. The van der Waals surface area contributed by atoms with Gasteiger partial charge in [-0.2, -0.15) is 17.4 Å². The molecule has 0 aliphatic carbocycles. The van der Waals surface area contributed by atoms with E-state index in [4.69, 9.17) is 5.11 Å². The molecule has 0 aromatic heterocycles. The standard InChI is InChI=1S/C11H16N2O5S/c1-13(2)19(17,18)12-9(11(15)16)10(14)8-6-4-3-5-7-8/h3-7,9-10,12,14H,1-2H3,(H,15,16)/t9-,10+/m0/s1. The molecule has 0 bridgehead atoms. The van der Waals surface area contributed by atoms with E-state index in [0.717, 1.165) is 4.31 Å². The highest BCUT2D eigenvalue weighted by molar-refractivity contribution is 7.87. The van der Waals surface area contributed by atoms with Gasteiger partial charge in [0.05, 0.1) is 0 Å². The number of carboxylic acid groups (broad SMARTS) is 1. The lowest BCUT2D eigenvalue weighted by Gasteiger charge is -2.22. The average Bonchev–Trinajstić information content (AvgIpc) is 2.35. The van der Waals surface area contributed by atoms with Gasteiger partial charge in [-0.15, -0.1) is 0 Å². The van der Waals surface area contributed by atoms with Gasteiger partial charge in [0.2, 0.25) is 0 Å². The van der Waals surface area contributed by atoms with Crippen LogP contribution in [0.4, 0.5) is 0 Å². The maximum atomic E-state index is 11.6. The molecule has 0 unspecified atom stereocenters. The first-order valence-corrected chi connectivity index (χ1v) is 6.85. The third kappa shape index (κ3) is 4.00. The van der Waals surface area contributed by atoms with Crippen LogP contribution in [0.3, 0.4) is 0 Å². The second-order valence-electron chi connectivity index (χ2n) is 4.08. The molecule has 106 valence electrons. The molecule has 8 heteroatoms. The number of nitrogens with one attached hydrogen (secondary N) is 1. The summed E-state index contributed by atoms with van der Waals surface area (Å²) in [7, 11) is -1.43. The van der Waals surface area contributed by atoms with E-state index in [9.17, 15) is 18.3 Å². The Hall–Kier alpha value is -1.48. The van der Waals surface area contributed by atoms with E-state index >= 15 is 0 Å². The minimum Gasteiger partial charge on any atom is -0.480 e. The van der Waals surface area contributed by atoms with Crippen molar-refractivity contribution in [2.45, 2.75) is 12.1 Å². The summed E-state index contributed by atoms with van der Waals surface area (Å²) < 4.78 is 26.0. The van der Waals surface area contributed by atoms with Gasteiger partial charge in [0, 0.05) is 14.1 Å². The fraction of sp³-hybridized carbons (Fsp3) is 0.364. The largest absolute Gasteiger partial charge is 0.480 e. The molecule has 1 rings (SSSR count). The maximum absolute atomic E-state index is 11.6. The molecule has 0 amide bonds. The Morgan fingerprint density at radius 1 is 1.26 bits per heavy atom. The Morgan fingerprint density at radius 2 is 1.79 bits per heavy atom. The SMILES string of the molecule is CN(C)S(=O)(=O)N[C@H](C(=O)O)[C@H](O)c1ccccc1. The molecule has 0 fully saturated rings. The van der Waals surface area contributed by atoms with Crippen LogP contribution in [0.5, 0.6) is 0 Å². The first kappa shape index (κ1) is 15.6. The molecule has 0 aliphatic heterocycles. The molecule has 0 radical (unpaired) electrons. The number of hydrogen-bond acceptors (Lipinski definition) is 4. The van der Waals surface area contributed by atoms with Gasteiger partial charge in [-0.3, -0.25) is 4.79 Å². The van der Waals surface area contributed by atoms with E-state index in [1.807, 2.05) is 4.72 Å². The molecule has 0 saturated carbocycles. The zero-order valence-electron chi connectivity index (χ0n) is 10.5. The van der Waals surface area contributed by atoms with Crippen molar-refractivity contribution < 1.29 is 23.4 Å². The fourth-order valence-corrected chi connectivity index (χ4v) is 2.12. The lowest BCUT2D eigenvalue weighted by molar-refractivity contribution is -0.142. The van der Waals surface area contributed by atoms with Gasteiger partial charge in [0.15, 0.2) is 6.04 Å². The molecule has 1 aromatic rings. The van der Waals surface area contributed by atoms with Crippen LogP contribution in [0.15, 0.2) is 30.3 Å². The van der Waals surface area contributed by atoms with E-state index in [-0.39, 0.29) is 0 Å². The van der Waals surface area contributed by atoms with Crippen LogP contribution >= 0.6 is 0 Å². The van der Waals surface area contributed by atoms with Crippen LogP contribution in [0.1, 0.15) is 11.7 Å². The van der Waals surface area contributed by atoms with Gasteiger partial charge in [0.25, 0.3) is 10.2 Å². The summed E-state index contributed by atoms with van der Waals surface area (Å²) in [6.07, 6.45) is -1.48. The number of hydrogen-bond donors (Lipinski definition) is 3. The van der Waals surface area contributed by atoms with E-state index in [0.29, 0.717) is 5.56 Å². The predicted octanol–water partition coefficient (Wildman–Crippen LogP) is -0.431. The third-order valence-electron chi connectivity index (χ3n) is 2.48. The van der Waals surface area contributed by atoms with Crippen LogP contribution in [0, 0.1) is 0 Å². The molecule has 0 heterocycles. The fourth-order valence-electron chi connectivity index (χ4n) is 1.36. The number of carbonyl (C=O) groups is 1. The molecule has 0 saturated heterocycles. The van der Waals surface area contributed by atoms with E-state index in [2.05, 4.69) is 0 Å². The van der Waals surface area contributed by atoms with Gasteiger partial charge in [-0.25, -0.2) is 0 Å². The zero-order chi connectivity index (χ0) is 14.6. The Morgan fingerprint density at radius 3 is 2.21 bits per heavy atom. The first-order chi connectivity index (χ1) is 8.75. The van der Waals surface area contributed by atoms with Crippen molar-refractivity contribution in [3.05, 3.63) is 35.9 Å². The van der Waals surface area contributed by atoms with Crippen molar-refractivity contribution in [1.82, 2.24) is 9.03 Å². The summed E-state index contributed by atoms with van der Waals surface area (Å²) in [6, 6.07) is 6.33. The predicted molar refractivity (Wildman–Crippen MR) is 68.6 cm³/mol. The van der Waals surface area contributed by atoms with Gasteiger partial charge in [-0.1, -0.05) is 30.3 Å². The Balaban J connectivity index is 3.00. The van der Waals surface area contributed by atoms with Crippen molar-refractivity contribution in [3.8, 4) is 0 Å². The van der Waals surface area contributed by atoms with E-state index in [1.54, 1.807) is 18.2 Å². The number of aliphatic hydroxyl groups excluding tert-OH is 1. The first-order valence-electron chi connectivity index (χ1n) is 5.41. The molecule has 7 nitrogen and oxygen atoms in total. The van der Waals surface area contributed by atoms with Crippen LogP contribution < -0.4 is 4.72 Å². The monoisotopic (exact) mass is 288 g/mol. The second-order valence-corrected chi connectivity index (χ2v) is 5.99. The van der Waals surface area contributed by atoms with Crippen molar-refractivity contribution in [2.24, 2.45) is 0 Å². The van der Waals surface area contributed by atoms with Crippen LogP contribution in [0.25, 0.3) is 0 Å². The van der Waals surface area contributed by atoms with E-state index in [1.165, 1.54) is 26.2 Å². The highest BCUT2D eigenvalue weighted by atomic mass is 32.2. The lowest BCUT2D eigenvalue weighted by atomic mass is 10.0. The molecule has 1 aromatic carbocycles. The average molecular weight is 288 g/mol. The van der Waals surface area contributed by atoms with Gasteiger partial charge in [-0.05, 0) is 5.56 Å². The van der Waals surface area contributed by atoms with Crippen LogP contribution in [-0.4, -0.2) is 49.0 Å². The summed E-state index contributed by atoms with van der Waals surface area (Å²) in [5.74, 6) is -1.46. The second kappa shape index (κ2) is 6.11. The Kier molecular flexibility index (Phi) is 5.01. The van der Waals surface area contributed by atoms with Crippen LogP contribution in [0.2, 0.25) is 0 Å². The summed E-state index contributed by atoms with van der Waals surface area (Å²) in [5.41, 5.74) is 0.316. The number of aliphatic hydroxyl groups is 1. The summed E-state index contributed by atoms with van der Waals surface area (Å²) in [4.78, 5) is 11.1. The van der Waals surface area contributed by atoms with Crippen molar-refractivity contribution in [1.29, 1.82) is 0 Å². The molecular weight excluding hydrogens is 272 g/mol.